The van der Waals surface area contributed by atoms with Crippen molar-refractivity contribution in [3.63, 3.8) is 0 Å². The van der Waals surface area contributed by atoms with Crippen LogP contribution in [0.25, 0.3) is 0 Å². The van der Waals surface area contributed by atoms with E-state index in [1.807, 2.05) is 12.1 Å². The van der Waals surface area contributed by atoms with Gasteiger partial charge in [0.2, 0.25) is 0 Å². The Bertz CT molecular complexity index is 473. The van der Waals surface area contributed by atoms with Gasteiger partial charge in [-0.15, -0.1) is 11.8 Å². The molecule has 0 aliphatic carbocycles. The molecule has 0 radical (unpaired) electrons. The lowest BCUT2D eigenvalue weighted by Gasteiger charge is -2.07. The standard InChI is InChI=1S/C11H10IN3S/c1-16-9-4-2-8(3-5-9)15-11-10(12)6-13-7-14-11/h2-7H,1H3,(H,13,14,15). The summed E-state index contributed by atoms with van der Waals surface area (Å²) in [6.45, 7) is 0. The van der Waals surface area contributed by atoms with Crippen molar-refractivity contribution in [2.75, 3.05) is 11.6 Å². The molecule has 0 saturated carbocycles. The highest BCUT2D eigenvalue weighted by molar-refractivity contribution is 14.1. The van der Waals surface area contributed by atoms with E-state index in [1.54, 1.807) is 24.3 Å². The fourth-order valence-corrected chi connectivity index (χ4v) is 2.06. The first-order valence-electron chi connectivity index (χ1n) is 4.66. The predicted octanol–water partition coefficient (Wildman–Crippen LogP) is 3.55. The SMILES string of the molecule is CSc1ccc(Nc2ncncc2I)cc1. The molecule has 1 N–H and O–H groups in total. The molecule has 0 bridgehead atoms. The zero-order valence-corrected chi connectivity index (χ0v) is 11.6. The van der Waals surface area contributed by atoms with Gasteiger partial charge in [0.05, 0.1) is 3.57 Å². The van der Waals surface area contributed by atoms with Crippen molar-refractivity contribution in [2.45, 2.75) is 4.90 Å². The molecule has 5 heteroatoms. The van der Waals surface area contributed by atoms with Crippen LogP contribution < -0.4 is 5.32 Å². The number of hydrogen-bond acceptors (Lipinski definition) is 4. The highest BCUT2D eigenvalue weighted by Gasteiger charge is 2.00. The lowest BCUT2D eigenvalue weighted by Crippen LogP contribution is -1.96. The van der Waals surface area contributed by atoms with Gasteiger partial charge in [-0.25, -0.2) is 9.97 Å². The number of benzene rings is 1. The molecule has 16 heavy (non-hydrogen) atoms. The van der Waals surface area contributed by atoms with Crippen LogP contribution in [0.4, 0.5) is 11.5 Å². The number of halogens is 1. The number of anilines is 2. The molecule has 0 unspecified atom stereocenters. The average Bonchev–Trinajstić information content (AvgIpc) is 2.33. The minimum Gasteiger partial charge on any atom is -0.339 e. The average molecular weight is 343 g/mol. The van der Waals surface area contributed by atoms with Crippen LogP contribution >= 0.6 is 34.4 Å². The molecular weight excluding hydrogens is 333 g/mol. The maximum Gasteiger partial charge on any atom is 0.147 e. The van der Waals surface area contributed by atoms with Crippen LogP contribution in [0.15, 0.2) is 41.7 Å². The first-order valence-corrected chi connectivity index (χ1v) is 6.96. The van der Waals surface area contributed by atoms with Crippen LogP contribution in [0.2, 0.25) is 0 Å². The fourth-order valence-electron chi connectivity index (χ4n) is 1.22. The van der Waals surface area contributed by atoms with E-state index in [-0.39, 0.29) is 0 Å². The van der Waals surface area contributed by atoms with Gasteiger partial charge < -0.3 is 5.32 Å². The summed E-state index contributed by atoms with van der Waals surface area (Å²) in [7, 11) is 0. The van der Waals surface area contributed by atoms with Crippen molar-refractivity contribution < 1.29 is 0 Å². The van der Waals surface area contributed by atoms with E-state index >= 15 is 0 Å². The third-order valence-corrected chi connectivity index (χ3v) is 3.55. The summed E-state index contributed by atoms with van der Waals surface area (Å²) >= 11 is 3.94. The van der Waals surface area contributed by atoms with Gasteiger partial charge in [-0.05, 0) is 53.1 Å². The Kier molecular flexibility index (Phi) is 4.00. The van der Waals surface area contributed by atoms with Gasteiger partial charge in [-0.2, -0.15) is 0 Å². The van der Waals surface area contributed by atoms with Crippen LogP contribution in [0.3, 0.4) is 0 Å². The van der Waals surface area contributed by atoms with Gasteiger partial charge in [0, 0.05) is 16.8 Å². The van der Waals surface area contributed by atoms with Crippen molar-refractivity contribution in [3.05, 3.63) is 40.4 Å². The van der Waals surface area contributed by atoms with Crippen molar-refractivity contribution in [2.24, 2.45) is 0 Å². The van der Waals surface area contributed by atoms with Gasteiger partial charge >= 0.3 is 0 Å². The summed E-state index contributed by atoms with van der Waals surface area (Å²) in [5.41, 5.74) is 1.04. The normalized spacial score (nSPS) is 10.1. The largest absolute Gasteiger partial charge is 0.339 e. The van der Waals surface area contributed by atoms with Crippen molar-refractivity contribution in [1.82, 2.24) is 9.97 Å². The summed E-state index contributed by atoms with van der Waals surface area (Å²) < 4.78 is 1.01. The van der Waals surface area contributed by atoms with E-state index in [0.29, 0.717) is 0 Å². The third-order valence-electron chi connectivity index (χ3n) is 2.02. The van der Waals surface area contributed by atoms with Gasteiger partial charge in [0.25, 0.3) is 0 Å². The molecule has 2 rings (SSSR count). The summed E-state index contributed by atoms with van der Waals surface area (Å²) in [4.78, 5) is 9.39. The molecule has 0 spiro atoms. The summed E-state index contributed by atoms with van der Waals surface area (Å²) in [6.07, 6.45) is 5.39. The quantitative estimate of drug-likeness (QED) is 0.683. The van der Waals surface area contributed by atoms with Crippen LogP contribution in [0.1, 0.15) is 0 Å². The van der Waals surface area contributed by atoms with Gasteiger partial charge in [-0.1, -0.05) is 0 Å². The van der Waals surface area contributed by atoms with Crippen molar-refractivity contribution in [3.8, 4) is 0 Å². The van der Waals surface area contributed by atoms with E-state index in [1.165, 1.54) is 4.90 Å². The Morgan fingerprint density at radius 3 is 2.62 bits per heavy atom. The lowest BCUT2D eigenvalue weighted by atomic mass is 10.3. The predicted molar refractivity (Wildman–Crippen MR) is 76.3 cm³/mol. The van der Waals surface area contributed by atoms with Gasteiger partial charge in [-0.3, -0.25) is 0 Å². The van der Waals surface area contributed by atoms with Crippen molar-refractivity contribution >= 4 is 45.9 Å². The Morgan fingerprint density at radius 1 is 1.25 bits per heavy atom. The summed E-state index contributed by atoms with van der Waals surface area (Å²) in [5.74, 6) is 0.840. The molecule has 1 aromatic heterocycles. The molecule has 0 aliphatic rings. The number of aromatic nitrogens is 2. The van der Waals surface area contributed by atoms with Crippen LogP contribution in [0.5, 0.6) is 0 Å². The minimum absolute atomic E-state index is 0.840. The lowest BCUT2D eigenvalue weighted by molar-refractivity contribution is 1.15. The van der Waals surface area contributed by atoms with Crippen molar-refractivity contribution in [1.29, 1.82) is 0 Å². The minimum atomic E-state index is 0.840. The van der Waals surface area contributed by atoms with Crippen LogP contribution in [-0.2, 0) is 0 Å². The van der Waals surface area contributed by atoms with Gasteiger partial charge in [0.1, 0.15) is 12.1 Å². The van der Waals surface area contributed by atoms with E-state index in [9.17, 15) is 0 Å². The maximum atomic E-state index is 4.18. The first kappa shape index (κ1) is 11.7. The van der Waals surface area contributed by atoms with Crippen LogP contribution in [-0.4, -0.2) is 16.2 Å². The maximum absolute atomic E-state index is 4.18. The Hall–Kier alpha value is -0.820. The second-order valence-electron chi connectivity index (χ2n) is 3.07. The first-order chi connectivity index (χ1) is 7.79. The Balaban J connectivity index is 2.18. The second-order valence-corrected chi connectivity index (χ2v) is 5.11. The molecule has 3 nitrogen and oxygen atoms in total. The highest BCUT2D eigenvalue weighted by atomic mass is 127. The Morgan fingerprint density at radius 2 is 2.00 bits per heavy atom. The number of nitrogens with one attached hydrogen (secondary N) is 1. The molecule has 1 heterocycles. The molecule has 0 atom stereocenters. The monoisotopic (exact) mass is 343 g/mol. The fraction of sp³-hybridized carbons (Fsp3) is 0.0909. The second kappa shape index (κ2) is 5.49. The zero-order valence-electron chi connectivity index (χ0n) is 8.64. The summed E-state index contributed by atoms with van der Waals surface area (Å²) in [5, 5.41) is 3.26. The third kappa shape index (κ3) is 2.85. The molecule has 0 fully saturated rings. The van der Waals surface area contributed by atoms with Gasteiger partial charge in [0.15, 0.2) is 0 Å². The number of rotatable bonds is 3. The Labute approximate surface area is 112 Å². The summed E-state index contributed by atoms with van der Waals surface area (Å²) in [6, 6.07) is 8.26. The van der Waals surface area contributed by atoms with E-state index in [0.717, 1.165) is 15.1 Å². The van der Waals surface area contributed by atoms with E-state index < -0.39 is 0 Å². The number of thioether (sulfide) groups is 1. The molecule has 0 amide bonds. The van der Waals surface area contributed by atoms with E-state index in [4.69, 9.17) is 0 Å². The van der Waals surface area contributed by atoms with Crippen LogP contribution in [0, 0.1) is 3.57 Å². The number of nitrogens with zero attached hydrogens (tertiary/aromatic N) is 2. The molecule has 1 aromatic carbocycles. The zero-order chi connectivity index (χ0) is 11.4. The molecule has 0 aliphatic heterocycles. The molecule has 82 valence electrons. The molecule has 0 saturated heterocycles. The topological polar surface area (TPSA) is 37.8 Å². The number of hydrogen-bond donors (Lipinski definition) is 1. The molecular formula is C11H10IN3S. The van der Waals surface area contributed by atoms with E-state index in [2.05, 4.69) is 56.3 Å². The molecule has 2 aromatic rings. The highest BCUT2D eigenvalue weighted by Crippen LogP contribution is 2.21. The smallest absolute Gasteiger partial charge is 0.147 e.